The van der Waals surface area contributed by atoms with E-state index in [4.69, 9.17) is 10.5 Å². The molecule has 0 spiro atoms. The molecule has 1 amide bonds. The first-order valence-corrected chi connectivity index (χ1v) is 6.24. The van der Waals surface area contributed by atoms with E-state index in [-0.39, 0.29) is 11.9 Å². The van der Waals surface area contributed by atoms with Crippen molar-refractivity contribution < 1.29 is 9.53 Å². The number of carbonyl (C=O) groups is 1. The summed E-state index contributed by atoms with van der Waals surface area (Å²) in [6, 6.07) is 5.20. The Kier molecular flexibility index (Phi) is 5.01. The molecule has 2 unspecified atom stereocenters. The van der Waals surface area contributed by atoms with Gasteiger partial charge in [-0.25, -0.2) is 0 Å². The van der Waals surface area contributed by atoms with E-state index >= 15 is 0 Å². The highest BCUT2D eigenvalue weighted by Crippen LogP contribution is 2.20. The van der Waals surface area contributed by atoms with Crippen LogP contribution in [0.15, 0.2) is 18.2 Å². The van der Waals surface area contributed by atoms with Crippen LogP contribution in [-0.4, -0.2) is 19.1 Å². The smallest absolute Gasteiger partial charge is 0.253 e. The first kappa shape index (κ1) is 14.4. The van der Waals surface area contributed by atoms with Gasteiger partial charge in [-0.05, 0) is 31.0 Å². The fourth-order valence-electron chi connectivity index (χ4n) is 1.64. The second-order valence-corrected chi connectivity index (χ2v) is 4.60. The Morgan fingerprint density at radius 2 is 2.11 bits per heavy atom. The predicted molar refractivity (Wildman–Crippen MR) is 73.8 cm³/mol. The maximum Gasteiger partial charge on any atom is 0.253 e. The van der Waals surface area contributed by atoms with Crippen LogP contribution in [0.25, 0.3) is 0 Å². The largest absolute Gasteiger partial charge is 0.497 e. The number of anilines is 1. The van der Waals surface area contributed by atoms with Crippen LogP contribution in [0.4, 0.5) is 5.69 Å². The van der Waals surface area contributed by atoms with Crippen molar-refractivity contribution in [2.24, 2.45) is 5.92 Å². The number of nitrogen functional groups attached to an aromatic ring is 1. The fraction of sp³-hybridized carbons (Fsp3) is 0.500. The fourth-order valence-corrected chi connectivity index (χ4v) is 1.64. The van der Waals surface area contributed by atoms with Crippen LogP contribution < -0.4 is 15.8 Å². The van der Waals surface area contributed by atoms with E-state index in [1.807, 2.05) is 6.92 Å². The normalized spacial score (nSPS) is 13.8. The van der Waals surface area contributed by atoms with Gasteiger partial charge in [0.25, 0.3) is 5.91 Å². The molecule has 0 saturated carbocycles. The number of nitrogens with two attached hydrogens (primary N) is 1. The highest BCUT2D eigenvalue weighted by atomic mass is 16.5. The van der Waals surface area contributed by atoms with Crippen molar-refractivity contribution in [3.63, 3.8) is 0 Å². The van der Waals surface area contributed by atoms with Crippen LogP contribution in [0.5, 0.6) is 5.75 Å². The van der Waals surface area contributed by atoms with Gasteiger partial charge in [0.1, 0.15) is 5.75 Å². The Bertz CT molecular complexity index is 418. The van der Waals surface area contributed by atoms with Crippen molar-refractivity contribution >= 4 is 11.6 Å². The van der Waals surface area contributed by atoms with E-state index < -0.39 is 0 Å². The Labute approximate surface area is 109 Å². The van der Waals surface area contributed by atoms with Crippen LogP contribution in [-0.2, 0) is 0 Å². The molecule has 4 heteroatoms. The number of amides is 1. The maximum absolute atomic E-state index is 12.1. The molecular weight excluding hydrogens is 228 g/mol. The zero-order valence-electron chi connectivity index (χ0n) is 11.5. The van der Waals surface area contributed by atoms with Crippen LogP contribution in [0.1, 0.15) is 37.6 Å². The molecular formula is C14H22N2O2. The Morgan fingerprint density at radius 3 is 2.67 bits per heavy atom. The SMILES string of the molecule is CCC(C)C(C)NC(=O)c1cc(OC)ccc1N. The number of hydrogen-bond acceptors (Lipinski definition) is 3. The van der Waals surface area contributed by atoms with E-state index in [9.17, 15) is 4.79 Å². The lowest BCUT2D eigenvalue weighted by molar-refractivity contribution is 0.0928. The number of nitrogens with one attached hydrogen (secondary N) is 1. The highest BCUT2D eigenvalue weighted by molar-refractivity contribution is 5.99. The zero-order chi connectivity index (χ0) is 13.7. The number of methoxy groups -OCH3 is 1. The van der Waals surface area contributed by atoms with Crippen molar-refractivity contribution in [1.82, 2.24) is 5.32 Å². The number of benzene rings is 1. The van der Waals surface area contributed by atoms with Gasteiger partial charge >= 0.3 is 0 Å². The summed E-state index contributed by atoms with van der Waals surface area (Å²) in [6.07, 6.45) is 1.02. The number of hydrogen-bond donors (Lipinski definition) is 2. The molecule has 1 aromatic carbocycles. The molecule has 0 aromatic heterocycles. The van der Waals surface area contributed by atoms with Gasteiger partial charge in [-0.3, -0.25) is 4.79 Å². The lowest BCUT2D eigenvalue weighted by Gasteiger charge is -2.20. The van der Waals surface area contributed by atoms with Gasteiger partial charge < -0.3 is 15.8 Å². The number of rotatable bonds is 5. The minimum atomic E-state index is -0.154. The van der Waals surface area contributed by atoms with Crippen molar-refractivity contribution in [1.29, 1.82) is 0 Å². The van der Waals surface area contributed by atoms with Gasteiger partial charge in [-0.1, -0.05) is 20.3 Å². The van der Waals surface area contributed by atoms with Gasteiger partial charge in [-0.15, -0.1) is 0 Å². The molecule has 0 fully saturated rings. The molecule has 0 bridgehead atoms. The summed E-state index contributed by atoms with van der Waals surface area (Å²) in [7, 11) is 1.56. The minimum absolute atomic E-state index is 0.119. The van der Waals surface area contributed by atoms with E-state index in [0.717, 1.165) is 6.42 Å². The molecule has 3 N–H and O–H groups in total. The zero-order valence-corrected chi connectivity index (χ0v) is 11.5. The van der Waals surface area contributed by atoms with Crippen LogP contribution in [0.3, 0.4) is 0 Å². The van der Waals surface area contributed by atoms with Crippen molar-refractivity contribution in [2.45, 2.75) is 33.2 Å². The highest BCUT2D eigenvalue weighted by Gasteiger charge is 2.16. The second-order valence-electron chi connectivity index (χ2n) is 4.60. The second kappa shape index (κ2) is 6.28. The molecule has 2 atom stereocenters. The Balaban J connectivity index is 2.83. The Morgan fingerprint density at radius 1 is 1.44 bits per heavy atom. The first-order chi connectivity index (χ1) is 8.49. The van der Waals surface area contributed by atoms with Crippen molar-refractivity contribution in [2.75, 3.05) is 12.8 Å². The monoisotopic (exact) mass is 250 g/mol. The van der Waals surface area contributed by atoms with E-state index in [0.29, 0.717) is 22.9 Å². The van der Waals surface area contributed by atoms with Gasteiger partial charge in [0.05, 0.1) is 12.7 Å². The quantitative estimate of drug-likeness (QED) is 0.789. The van der Waals surface area contributed by atoms with E-state index in [1.54, 1.807) is 25.3 Å². The summed E-state index contributed by atoms with van der Waals surface area (Å²) >= 11 is 0. The maximum atomic E-state index is 12.1. The van der Waals surface area contributed by atoms with Crippen LogP contribution in [0, 0.1) is 5.92 Å². The van der Waals surface area contributed by atoms with Gasteiger partial charge in [0.15, 0.2) is 0 Å². The molecule has 0 radical (unpaired) electrons. The van der Waals surface area contributed by atoms with Gasteiger partial charge in [0, 0.05) is 11.7 Å². The molecule has 1 rings (SSSR count). The molecule has 0 aliphatic rings. The molecule has 0 saturated heterocycles. The summed E-state index contributed by atoms with van der Waals surface area (Å²) in [5.41, 5.74) is 6.74. The molecule has 0 heterocycles. The first-order valence-electron chi connectivity index (χ1n) is 6.24. The van der Waals surface area contributed by atoms with E-state index in [2.05, 4.69) is 19.2 Å². The predicted octanol–water partition coefficient (Wildman–Crippen LogP) is 2.44. The molecule has 18 heavy (non-hydrogen) atoms. The van der Waals surface area contributed by atoms with Gasteiger partial charge in [-0.2, -0.15) is 0 Å². The van der Waals surface area contributed by atoms with E-state index in [1.165, 1.54) is 0 Å². The minimum Gasteiger partial charge on any atom is -0.497 e. The lowest BCUT2D eigenvalue weighted by Crippen LogP contribution is -2.37. The summed E-state index contributed by atoms with van der Waals surface area (Å²) in [4.78, 5) is 12.1. The summed E-state index contributed by atoms with van der Waals surface area (Å²) in [5.74, 6) is 0.908. The molecule has 100 valence electrons. The third kappa shape index (κ3) is 3.39. The molecule has 1 aromatic rings. The summed E-state index contributed by atoms with van der Waals surface area (Å²) < 4.78 is 5.10. The average Bonchev–Trinajstić information content (AvgIpc) is 2.38. The average molecular weight is 250 g/mol. The lowest BCUT2D eigenvalue weighted by atomic mass is 10.0. The number of carbonyl (C=O) groups excluding carboxylic acids is 1. The molecule has 4 nitrogen and oxygen atoms in total. The third-order valence-electron chi connectivity index (χ3n) is 3.36. The van der Waals surface area contributed by atoms with Crippen molar-refractivity contribution in [3.05, 3.63) is 23.8 Å². The molecule has 0 aliphatic carbocycles. The standard InChI is InChI=1S/C14H22N2O2/c1-5-9(2)10(3)16-14(17)12-8-11(18-4)6-7-13(12)15/h6-10H,5,15H2,1-4H3,(H,16,17). The Hall–Kier alpha value is -1.71. The molecule has 0 aliphatic heterocycles. The summed E-state index contributed by atoms with van der Waals surface area (Å²) in [6.45, 7) is 6.22. The number of ether oxygens (including phenoxy) is 1. The van der Waals surface area contributed by atoms with Crippen LogP contribution in [0.2, 0.25) is 0 Å². The third-order valence-corrected chi connectivity index (χ3v) is 3.36. The van der Waals surface area contributed by atoms with Crippen molar-refractivity contribution in [3.8, 4) is 5.75 Å². The van der Waals surface area contributed by atoms with Crippen LogP contribution >= 0.6 is 0 Å². The summed E-state index contributed by atoms with van der Waals surface area (Å²) in [5, 5.41) is 2.96. The van der Waals surface area contributed by atoms with Gasteiger partial charge in [0.2, 0.25) is 0 Å². The topological polar surface area (TPSA) is 64.3 Å².